The summed E-state index contributed by atoms with van der Waals surface area (Å²) in [5.41, 5.74) is 6.22. The fraction of sp³-hybridized carbons (Fsp3) is 0.450. The number of anilines is 1. The van der Waals surface area contributed by atoms with Gasteiger partial charge < -0.3 is 5.32 Å². The number of aryl methyl sites for hydroxylation is 1. The Morgan fingerprint density at radius 3 is 2.92 bits per heavy atom. The molecule has 3 heterocycles. The van der Waals surface area contributed by atoms with Crippen LogP contribution in [0, 0.1) is 6.92 Å². The number of thioether (sulfide) groups is 1. The lowest BCUT2D eigenvalue weighted by Gasteiger charge is -2.38. The third-order valence-corrected chi connectivity index (χ3v) is 5.71. The monoisotopic (exact) mass is 367 g/mol. The van der Waals surface area contributed by atoms with Gasteiger partial charge in [0.05, 0.1) is 5.69 Å². The van der Waals surface area contributed by atoms with Gasteiger partial charge in [0.25, 0.3) is 5.78 Å². The summed E-state index contributed by atoms with van der Waals surface area (Å²) in [5, 5.41) is 9.14. The van der Waals surface area contributed by atoms with Crippen LogP contribution < -0.4 is 5.32 Å². The summed E-state index contributed by atoms with van der Waals surface area (Å²) >= 11 is 1.64. The van der Waals surface area contributed by atoms with Crippen LogP contribution in [0.1, 0.15) is 51.2 Å². The Bertz CT molecular complexity index is 976. The molecule has 1 unspecified atom stereocenters. The minimum Gasteiger partial charge on any atom is -0.380 e. The number of fused-ring (bicyclic) bond motifs is 2. The molecule has 0 amide bonds. The van der Waals surface area contributed by atoms with Crippen LogP contribution in [-0.4, -0.2) is 30.9 Å². The zero-order valence-electron chi connectivity index (χ0n) is 16.0. The molecule has 1 aliphatic rings. The van der Waals surface area contributed by atoms with E-state index in [1.165, 1.54) is 22.4 Å². The van der Waals surface area contributed by atoms with Gasteiger partial charge in [-0.25, -0.2) is 4.98 Å². The van der Waals surface area contributed by atoms with Crippen molar-refractivity contribution >= 4 is 23.2 Å². The predicted molar refractivity (Wildman–Crippen MR) is 108 cm³/mol. The summed E-state index contributed by atoms with van der Waals surface area (Å²) in [7, 11) is 0. The van der Waals surface area contributed by atoms with E-state index < -0.39 is 0 Å². The van der Waals surface area contributed by atoms with Crippen molar-refractivity contribution in [1.82, 2.24) is 19.6 Å². The molecule has 4 rings (SSSR count). The van der Waals surface area contributed by atoms with Crippen LogP contribution in [0.25, 0.3) is 17.0 Å². The fourth-order valence-corrected chi connectivity index (χ4v) is 4.52. The zero-order chi connectivity index (χ0) is 18.5. The van der Waals surface area contributed by atoms with Crippen LogP contribution >= 0.6 is 11.8 Å². The lowest BCUT2D eigenvalue weighted by molar-refractivity contribution is 0.454. The maximum Gasteiger partial charge on any atom is 0.253 e. The van der Waals surface area contributed by atoms with Crippen LogP contribution in [0.4, 0.5) is 5.69 Å². The van der Waals surface area contributed by atoms with Gasteiger partial charge in [-0.3, -0.25) is 0 Å². The Hall–Kier alpha value is -2.08. The first kappa shape index (κ1) is 17.3. The van der Waals surface area contributed by atoms with Crippen molar-refractivity contribution < 1.29 is 0 Å². The summed E-state index contributed by atoms with van der Waals surface area (Å²) in [4.78, 5) is 8.92. The van der Waals surface area contributed by atoms with Crippen LogP contribution in [-0.2, 0) is 0 Å². The quantitative estimate of drug-likeness (QED) is 0.667. The number of nitrogens with zero attached hydrogens (tertiary/aromatic N) is 4. The highest BCUT2D eigenvalue weighted by Gasteiger charge is 2.30. The topological polar surface area (TPSA) is 55.1 Å². The Morgan fingerprint density at radius 2 is 2.15 bits per heavy atom. The molecule has 0 radical (unpaired) electrons. The molecule has 0 bridgehead atoms. The van der Waals surface area contributed by atoms with Gasteiger partial charge in [0.2, 0.25) is 5.16 Å². The summed E-state index contributed by atoms with van der Waals surface area (Å²) in [6.45, 7) is 11.1. The minimum atomic E-state index is 0.127. The number of rotatable bonds is 3. The SMILES string of the molecule is CCSc1nc2nccc(-c3cc4c(cc3C)NC(C)(C)CC4C)n2n1. The minimum absolute atomic E-state index is 0.127. The van der Waals surface area contributed by atoms with Gasteiger partial charge in [-0.1, -0.05) is 25.6 Å². The lowest BCUT2D eigenvalue weighted by atomic mass is 9.80. The van der Waals surface area contributed by atoms with E-state index in [9.17, 15) is 0 Å². The lowest BCUT2D eigenvalue weighted by Crippen LogP contribution is -2.36. The van der Waals surface area contributed by atoms with E-state index >= 15 is 0 Å². The molecule has 1 aromatic carbocycles. The largest absolute Gasteiger partial charge is 0.380 e. The third-order valence-electron chi connectivity index (χ3n) is 4.99. The van der Waals surface area contributed by atoms with E-state index in [4.69, 9.17) is 0 Å². The van der Waals surface area contributed by atoms with Crippen molar-refractivity contribution in [3.63, 3.8) is 0 Å². The number of benzene rings is 1. The molecular weight excluding hydrogens is 342 g/mol. The highest BCUT2D eigenvalue weighted by atomic mass is 32.2. The molecule has 6 heteroatoms. The summed E-state index contributed by atoms with van der Waals surface area (Å²) < 4.78 is 1.87. The molecule has 1 aliphatic heterocycles. The van der Waals surface area contributed by atoms with Crippen molar-refractivity contribution in [2.75, 3.05) is 11.1 Å². The summed E-state index contributed by atoms with van der Waals surface area (Å²) in [6.07, 6.45) is 2.94. The van der Waals surface area contributed by atoms with Crippen molar-refractivity contribution in [2.45, 2.75) is 57.7 Å². The van der Waals surface area contributed by atoms with E-state index in [2.05, 4.69) is 67.1 Å². The molecule has 0 fully saturated rings. The van der Waals surface area contributed by atoms with Gasteiger partial charge in [0, 0.05) is 23.0 Å². The van der Waals surface area contributed by atoms with Gasteiger partial charge in [-0.2, -0.15) is 9.50 Å². The average Bonchev–Trinajstić information content (AvgIpc) is 2.96. The molecule has 1 N–H and O–H groups in total. The number of aromatic nitrogens is 4. The summed E-state index contributed by atoms with van der Waals surface area (Å²) in [5.74, 6) is 2.12. The Balaban J connectivity index is 1.87. The zero-order valence-corrected chi connectivity index (χ0v) is 16.8. The second-order valence-corrected chi connectivity index (χ2v) is 8.97. The normalized spacial score (nSPS) is 18.6. The predicted octanol–water partition coefficient (Wildman–Crippen LogP) is 4.91. The van der Waals surface area contributed by atoms with E-state index in [0.717, 1.165) is 23.0 Å². The van der Waals surface area contributed by atoms with Gasteiger partial charge in [0.1, 0.15) is 0 Å². The molecular formula is C20H25N5S. The van der Waals surface area contributed by atoms with Crippen LogP contribution in [0.15, 0.2) is 29.6 Å². The molecule has 0 spiro atoms. The van der Waals surface area contributed by atoms with E-state index in [1.54, 1.807) is 11.8 Å². The first-order chi connectivity index (χ1) is 12.4. The van der Waals surface area contributed by atoms with E-state index in [-0.39, 0.29) is 5.54 Å². The number of hydrogen-bond donors (Lipinski definition) is 1. The molecule has 26 heavy (non-hydrogen) atoms. The van der Waals surface area contributed by atoms with Crippen molar-refractivity contribution in [2.24, 2.45) is 0 Å². The molecule has 5 nitrogen and oxygen atoms in total. The van der Waals surface area contributed by atoms with Gasteiger partial charge in [0.15, 0.2) is 0 Å². The third kappa shape index (κ3) is 2.96. The number of nitrogens with one attached hydrogen (secondary N) is 1. The molecule has 0 saturated carbocycles. The maximum absolute atomic E-state index is 4.66. The molecule has 1 atom stereocenters. The average molecular weight is 368 g/mol. The molecule has 0 aliphatic carbocycles. The van der Waals surface area contributed by atoms with Crippen molar-refractivity contribution in [3.8, 4) is 11.3 Å². The maximum atomic E-state index is 4.66. The molecule has 2 aromatic heterocycles. The highest BCUT2D eigenvalue weighted by Crippen LogP contribution is 2.41. The van der Waals surface area contributed by atoms with E-state index in [1.807, 2.05) is 16.8 Å². The second kappa shape index (κ2) is 6.27. The van der Waals surface area contributed by atoms with Gasteiger partial charge in [-0.05, 0) is 68.2 Å². The number of hydrogen-bond acceptors (Lipinski definition) is 5. The molecule has 0 saturated heterocycles. The Labute approximate surface area is 158 Å². The smallest absolute Gasteiger partial charge is 0.253 e. The van der Waals surface area contributed by atoms with Gasteiger partial charge >= 0.3 is 0 Å². The standard InChI is InChI=1S/C20H25N5S/c1-6-26-19-22-18-21-8-7-17(25(18)24-19)15-10-14-13(3)11-20(4,5)23-16(14)9-12(15)2/h7-10,13,23H,6,11H2,1-5H3. The van der Waals surface area contributed by atoms with E-state index in [0.29, 0.717) is 11.7 Å². The fourth-order valence-electron chi connectivity index (χ4n) is 3.98. The van der Waals surface area contributed by atoms with Crippen LogP contribution in [0.5, 0.6) is 0 Å². The van der Waals surface area contributed by atoms with Crippen molar-refractivity contribution in [3.05, 3.63) is 35.5 Å². The first-order valence-corrected chi connectivity index (χ1v) is 10.1. The van der Waals surface area contributed by atoms with Crippen LogP contribution in [0.3, 0.4) is 0 Å². The highest BCUT2D eigenvalue weighted by molar-refractivity contribution is 7.99. The Kier molecular flexibility index (Phi) is 4.18. The van der Waals surface area contributed by atoms with Gasteiger partial charge in [-0.15, -0.1) is 5.10 Å². The second-order valence-electron chi connectivity index (χ2n) is 7.74. The van der Waals surface area contributed by atoms with Crippen molar-refractivity contribution in [1.29, 1.82) is 0 Å². The summed E-state index contributed by atoms with van der Waals surface area (Å²) in [6, 6.07) is 6.62. The Morgan fingerprint density at radius 1 is 1.35 bits per heavy atom. The van der Waals surface area contributed by atoms with Crippen LogP contribution in [0.2, 0.25) is 0 Å². The molecule has 136 valence electrons. The first-order valence-electron chi connectivity index (χ1n) is 9.15. The molecule has 3 aromatic rings.